The lowest BCUT2D eigenvalue weighted by atomic mass is 10.1. The van der Waals surface area contributed by atoms with Crippen molar-refractivity contribution < 1.29 is 23.9 Å². The molecule has 0 saturated carbocycles. The van der Waals surface area contributed by atoms with Crippen LogP contribution in [0.25, 0.3) is 0 Å². The molecule has 0 spiro atoms. The van der Waals surface area contributed by atoms with Crippen molar-refractivity contribution in [1.29, 1.82) is 0 Å². The van der Waals surface area contributed by atoms with Crippen molar-refractivity contribution >= 4 is 17.8 Å². The topological polar surface area (TPSA) is 108 Å². The van der Waals surface area contributed by atoms with Crippen LogP contribution in [0.1, 0.15) is 29.3 Å². The first kappa shape index (κ1) is 21.0. The monoisotopic (exact) mass is 384 g/mol. The summed E-state index contributed by atoms with van der Waals surface area (Å²) in [5, 5.41) is 2.81. The first-order valence-corrected chi connectivity index (χ1v) is 8.95. The molecule has 2 rings (SSSR count). The number of benzene rings is 2. The number of nitrogens with two attached hydrogens (primary N) is 1. The SMILES string of the molecule is CC(CCc1ccccc1)NC(=O)COC(=O)c1ccc(OCC(N)=O)cc1. The average Bonchev–Trinajstić information content (AvgIpc) is 2.70. The maximum absolute atomic E-state index is 12.0. The van der Waals surface area contributed by atoms with E-state index in [1.54, 1.807) is 0 Å². The van der Waals surface area contributed by atoms with Gasteiger partial charge in [0.05, 0.1) is 5.56 Å². The van der Waals surface area contributed by atoms with Crippen molar-refractivity contribution in [3.05, 3.63) is 65.7 Å². The molecule has 3 N–H and O–H groups in total. The lowest BCUT2D eigenvalue weighted by molar-refractivity contribution is -0.124. The number of rotatable bonds is 10. The van der Waals surface area contributed by atoms with Crippen molar-refractivity contribution in [3.63, 3.8) is 0 Å². The molecule has 0 saturated heterocycles. The summed E-state index contributed by atoms with van der Waals surface area (Å²) < 4.78 is 10.1. The standard InChI is InChI=1S/C21H24N2O5/c1-15(7-8-16-5-3-2-4-6-16)23-20(25)14-28-21(26)17-9-11-18(12-10-17)27-13-19(22)24/h2-6,9-12,15H,7-8,13-14H2,1H3,(H2,22,24)(H,23,25). The van der Waals surface area contributed by atoms with Crippen LogP contribution in [0.15, 0.2) is 54.6 Å². The van der Waals surface area contributed by atoms with Crippen LogP contribution < -0.4 is 15.8 Å². The molecule has 0 aromatic heterocycles. The number of carbonyl (C=O) groups is 3. The molecule has 1 unspecified atom stereocenters. The van der Waals surface area contributed by atoms with Gasteiger partial charge in [-0.25, -0.2) is 4.79 Å². The Morgan fingerprint density at radius 2 is 1.68 bits per heavy atom. The molecular weight excluding hydrogens is 360 g/mol. The van der Waals surface area contributed by atoms with Gasteiger partial charge in [0.2, 0.25) is 0 Å². The van der Waals surface area contributed by atoms with Gasteiger partial charge in [0.25, 0.3) is 11.8 Å². The van der Waals surface area contributed by atoms with Gasteiger partial charge < -0.3 is 20.5 Å². The number of hydrogen-bond donors (Lipinski definition) is 2. The normalized spacial score (nSPS) is 11.3. The van der Waals surface area contributed by atoms with Crippen molar-refractivity contribution in [3.8, 4) is 5.75 Å². The van der Waals surface area contributed by atoms with E-state index in [0.717, 1.165) is 12.8 Å². The highest BCUT2D eigenvalue weighted by Gasteiger charge is 2.12. The summed E-state index contributed by atoms with van der Waals surface area (Å²) in [5.41, 5.74) is 6.47. The minimum Gasteiger partial charge on any atom is -0.484 e. The maximum Gasteiger partial charge on any atom is 0.338 e. The smallest absolute Gasteiger partial charge is 0.338 e. The molecule has 2 aromatic rings. The van der Waals surface area contributed by atoms with E-state index in [9.17, 15) is 14.4 Å². The summed E-state index contributed by atoms with van der Waals surface area (Å²) in [4.78, 5) is 34.6. The molecule has 7 nitrogen and oxygen atoms in total. The Balaban J connectivity index is 1.71. The highest BCUT2D eigenvalue weighted by molar-refractivity contribution is 5.91. The minimum atomic E-state index is -0.617. The molecule has 1 atom stereocenters. The Morgan fingerprint density at radius 1 is 1.00 bits per heavy atom. The van der Waals surface area contributed by atoms with E-state index < -0.39 is 11.9 Å². The highest BCUT2D eigenvalue weighted by atomic mass is 16.5. The third kappa shape index (κ3) is 7.49. The molecular formula is C21H24N2O5. The van der Waals surface area contributed by atoms with Crippen molar-refractivity contribution in [1.82, 2.24) is 5.32 Å². The molecule has 2 amide bonds. The van der Waals surface area contributed by atoms with Gasteiger partial charge >= 0.3 is 5.97 Å². The third-order valence-corrected chi connectivity index (χ3v) is 3.92. The maximum atomic E-state index is 12.0. The average molecular weight is 384 g/mol. The fraction of sp³-hybridized carbons (Fsp3) is 0.286. The summed E-state index contributed by atoms with van der Waals surface area (Å²) in [6.07, 6.45) is 1.64. The first-order valence-electron chi connectivity index (χ1n) is 8.95. The molecule has 0 fully saturated rings. The predicted molar refractivity (Wildman–Crippen MR) is 104 cm³/mol. The number of esters is 1. The van der Waals surface area contributed by atoms with E-state index in [4.69, 9.17) is 15.2 Å². The van der Waals surface area contributed by atoms with Crippen molar-refractivity contribution in [2.45, 2.75) is 25.8 Å². The van der Waals surface area contributed by atoms with Crippen LogP contribution in [0.5, 0.6) is 5.75 Å². The van der Waals surface area contributed by atoms with E-state index >= 15 is 0 Å². The van der Waals surface area contributed by atoms with Crippen LogP contribution in [-0.2, 0) is 20.7 Å². The van der Waals surface area contributed by atoms with Crippen LogP contribution in [-0.4, -0.2) is 37.0 Å². The van der Waals surface area contributed by atoms with E-state index in [-0.39, 0.29) is 30.7 Å². The van der Waals surface area contributed by atoms with Crippen LogP contribution >= 0.6 is 0 Å². The first-order chi connectivity index (χ1) is 13.4. The number of nitrogens with one attached hydrogen (secondary N) is 1. The Bertz CT molecular complexity index is 790. The summed E-state index contributed by atoms with van der Waals surface area (Å²) in [7, 11) is 0. The fourth-order valence-corrected chi connectivity index (χ4v) is 2.47. The van der Waals surface area contributed by atoms with E-state index in [2.05, 4.69) is 5.32 Å². The number of carbonyl (C=O) groups excluding carboxylic acids is 3. The molecule has 28 heavy (non-hydrogen) atoms. The largest absolute Gasteiger partial charge is 0.484 e. The summed E-state index contributed by atoms with van der Waals surface area (Å²) >= 11 is 0. The molecule has 0 heterocycles. The van der Waals surface area contributed by atoms with Crippen LogP contribution in [0.3, 0.4) is 0 Å². The third-order valence-electron chi connectivity index (χ3n) is 3.92. The van der Waals surface area contributed by atoms with Gasteiger partial charge in [-0.05, 0) is 49.6 Å². The molecule has 0 bridgehead atoms. The predicted octanol–water partition coefficient (Wildman–Crippen LogP) is 1.84. The summed E-state index contributed by atoms with van der Waals surface area (Å²) in [6, 6.07) is 16.0. The second kappa shape index (κ2) is 10.7. The van der Waals surface area contributed by atoms with Crippen LogP contribution in [0.4, 0.5) is 0 Å². The quantitative estimate of drug-likeness (QED) is 0.608. The Hall–Kier alpha value is -3.35. The van der Waals surface area contributed by atoms with Gasteiger partial charge in [0, 0.05) is 6.04 Å². The van der Waals surface area contributed by atoms with Crippen molar-refractivity contribution in [2.75, 3.05) is 13.2 Å². The van der Waals surface area contributed by atoms with Crippen LogP contribution in [0.2, 0.25) is 0 Å². The van der Waals surface area contributed by atoms with Crippen molar-refractivity contribution in [2.24, 2.45) is 5.73 Å². The lowest BCUT2D eigenvalue weighted by Gasteiger charge is -2.14. The Kier molecular flexibility index (Phi) is 8.02. The Labute approximate surface area is 163 Å². The van der Waals surface area contributed by atoms with Gasteiger partial charge in [-0.1, -0.05) is 30.3 Å². The second-order valence-corrected chi connectivity index (χ2v) is 6.35. The molecule has 0 radical (unpaired) electrons. The molecule has 7 heteroatoms. The molecule has 0 aliphatic rings. The number of amides is 2. The van der Waals surface area contributed by atoms with Gasteiger partial charge in [0.1, 0.15) is 5.75 Å². The van der Waals surface area contributed by atoms with Crippen LogP contribution in [0, 0.1) is 0 Å². The zero-order chi connectivity index (χ0) is 20.4. The molecule has 0 aliphatic carbocycles. The summed E-state index contributed by atoms with van der Waals surface area (Å²) in [6.45, 7) is 1.31. The van der Waals surface area contributed by atoms with E-state index in [1.807, 2.05) is 37.3 Å². The van der Waals surface area contributed by atoms with Gasteiger partial charge in [-0.3, -0.25) is 9.59 Å². The fourth-order valence-electron chi connectivity index (χ4n) is 2.47. The highest BCUT2D eigenvalue weighted by Crippen LogP contribution is 2.13. The number of primary amides is 1. The second-order valence-electron chi connectivity index (χ2n) is 6.35. The molecule has 148 valence electrons. The zero-order valence-electron chi connectivity index (χ0n) is 15.7. The minimum absolute atomic E-state index is 0.0342. The lowest BCUT2D eigenvalue weighted by Crippen LogP contribution is -2.36. The van der Waals surface area contributed by atoms with Gasteiger partial charge in [-0.15, -0.1) is 0 Å². The van der Waals surface area contributed by atoms with Gasteiger partial charge in [-0.2, -0.15) is 0 Å². The molecule has 0 aliphatic heterocycles. The van der Waals surface area contributed by atoms with E-state index in [1.165, 1.54) is 29.8 Å². The van der Waals surface area contributed by atoms with Gasteiger partial charge in [0.15, 0.2) is 13.2 Å². The summed E-state index contributed by atoms with van der Waals surface area (Å²) in [5.74, 6) is -1.16. The number of hydrogen-bond acceptors (Lipinski definition) is 5. The number of aryl methyl sites for hydroxylation is 1. The Morgan fingerprint density at radius 3 is 2.32 bits per heavy atom. The van der Waals surface area contributed by atoms with E-state index in [0.29, 0.717) is 5.75 Å². The number of ether oxygens (including phenoxy) is 2. The zero-order valence-corrected chi connectivity index (χ0v) is 15.7. The molecule has 2 aromatic carbocycles.